The molecular formula is C19H16N4S2. The molecular weight excluding hydrogens is 348 g/mol. The summed E-state index contributed by atoms with van der Waals surface area (Å²) in [5.41, 5.74) is 3.33. The highest BCUT2D eigenvalue weighted by Gasteiger charge is 2.11. The van der Waals surface area contributed by atoms with E-state index in [-0.39, 0.29) is 0 Å². The fourth-order valence-corrected chi connectivity index (χ4v) is 4.22. The Balaban J connectivity index is 1.54. The van der Waals surface area contributed by atoms with Gasteiger partial charge in [0.1, 0.15) is 5.03 Å². The number of hydrogen-bond acceptors (Lipinski definition) is 5. The van der Waals surface area contributed by atoms with Crippen LogP contribution in [0.4, 0.5) is 0 Å². The monoisotopic (exact) mass is 364 g/mol. The highest BCUT2D eigenvalue weighted by atomic mass is 32.2. The van der Waals surface area contributed by atoms with Crippen molar-refractivity contribution in [2.45, 2.75) is 21.7 Å². The van der Waals surface area contributed by atoms with E-state index in [1.807, 2.05) is 12.1 Å². The number of H-pyrrole nitrogens is 1. The molecule has 0 aliphatic carbocycles. The zero-order valence-corrected chi connectivity index (χ0v) is 15.1. The molecule has 0 amide bonds. The first-order chi connectivity index (χ1) is 12.4. The molecule has 2 aromatic carbocycles. The van der Waals surface area contributed by atoms with Crippen LogP contribution in [0.2, 0.25) is 0 Å². The number of benzene rings is 2. The van der Waals surface area contributed by atoms with Crippen LogP contribution in [-0.4, -0.2) is 20.2 Å². The molecule has 0 unspecified atom stereocenters. The number of fused-ring (bicyclic) bond motifs is 1. The quantitative estimate of drug-likeness (QED) is 0.298. The van der Waals surface area contributed by atoms with Crippen molar-refractivity contribution in [1.29, 1.82) is 0 Å². The number of aromatic nitrogens is 4. The van der Waals surface area contributed by atoms with E-state index in [0.29, 0.717) is 0 Å². The molecule has 0 bridgehead atoms. The van der Waals surface area contributed by atoms with Crippen LogP contribution < -0.4 is 0 Å². The average molecular weight is 364 g/mol. The summed E-state index contributed by atoms with van der Waals surface area (Å²) in [5.74, 6) is 1.73. The average Bonchev–Trinajstić information content (AvgIpc) is 3.15. The van der Waals surface area contributed by atoms with E-state index in [2.05, 4.69) is 63.7 Å². The Morgan fingerprint density at radius 1 is 0.760 bits per heavy atom. The molecule has 2 heterocycles. The van der Waals surface area contributed by atoms with E-state index in [9.17, 15) is 0 Å². The minimum absolute atomic E-state index is 0.774. The molecule has 0 radical (unpaired) electrons. The third-order valence-corrected chi connectivity index (χ3v) is 5.66. The van der Waals surface area contributed by atoms with Gasteiger partial charge in [0.05, 0.1) is 11.6 Å². The Bertz CT molecular complexity index is 955. The summed E-state index contributed by atoms with van der Waals surface area (Å²) in [4.78, 5) is 9.34. The molecule has 6 heteroatoms. The number of nitrogens with one attached hydrogen (secondary N) is 1. The van der Waals surface area contributed by atoms with Crippen molar-refractivity contribution in [3.63, 3.8) is 0 Å². The summed E-state index contributed by atoms with van der Waals surface area (Å²) in [6, 6.07) is 20.8. The maximum Gasteiger partial charge on any atom is 0.191 e. The van der Waals surface area contributed by atoms with E-state index >= 15 is 0 Å². The van der Waals surface area contributed by atoms with Crippen molar-refractivity contribution in [3.8, 4) is 0 Å². The lowest BCUT2D eigenvalue weighted by Gasteiger charge is -2.06. The molecule has 0 aliphatic rings. The molecule has 4 nitrogen and oxygen atoms in total. The van der Waals surface area contributed by atoms with Gasteiger partial charge in [0.25, 0.3) is 0 Å². The largest absolute Gasteiger partial charge is 0.261 e. The Labute approximate surface area is 154 Å². The van der Waals surface area contributed by atoms with Gasteiger partial charge < -0.3 is 0 Å². The SMILES string of the molecule is c1ccc(CSc2nc(SCc3ccccc3)c3cn[nH]c3n2)cc1. The van der Waals surface area contributed by atoms with Gasteiger partial charge in [0, 0.05) is 11.5 Å². The van der Waals surface area contributed by atoms with Crippen LogP contribution in [-0.2, 0) is 11.5 Å². The number of aromatic amines is 1. The molecule has 0 fully saturated rings. The predicted octanol–water partition coefficient (Wildman–Crippen LogP) is 4.94. The highest BCUT2D eigenvalue weighted by molar-refractivity contribution is 7.99. The number of hydrogen-bond donors (Lipinski definition) is 1. The summed E-state index contributed by atoms with van der Waals surface area (Å²) < 4.78 is 0. The topological polar surface area (TPSA) is 54.5 Å². The lowest BCUT2D eigenvalue weighted by atomic mass is 10.2. The van der Waals surface area contributed by atoms with Gasteiger partial charge in [-0.05, 0) is 11.1 Å². The van der Waals surface area contributed by atoms with Crippen LogP contribution >= 0.6 is 23.5 Å². The van der Waals surface area contributed by atoms with Crippen molar-refractivity contribution < 1.29 is 0 Å². The number of rotatable bonds is 6. The molecule has 0 spiro atoms. The summed E-state index contributed by atoms with van der Waals surface area (Å²) in [6.45, 7) is 0. The van der Waals surface area contributed by atoms with Gasteiger partial charge >= 0.3 is 0 Å². The first-order valence-corrected chi connectivity index (χ1v) is 9.90. The lowest BCUT2D eigenvalue weighted by Crippen LogP contribution is -1.92. The summed E-state index contributed by atoms with van der Waals surface area (Å²) in [6.07, 6.45) is 1.80. The third kappa shape index (κ3) is 4.03. The second-order valence-electron chi connectivity index (χ2n) is 5.49. The zero-order valence-electron chi connectivity index (χ0n) is 13.4. The number of nitrogens with zero attached hydrogens (tertiary/aromatic N) is 3. The first-order valence-electron chi connectivity index (χ1n) is 7.93. The smallest absolute Gasteiger partial charge is 0.191 e. The third-order valence-electron chi connectivity index (χ3n) is 3.68. The predicted molar refractivity (Wildman–Crippen MR) is 104 cm³/mol. The molecule has 4 aromatic rings. The first kappa shape index (κ1) is 16.2. The van der Waals surface area contributed by atoms with Crippen LogP contribution in [0, 0.1) is 0 Å². The molecule has 124 valence electrons. The van der Waals surface area contributed by atoms with Crippen molar-refractivity contribution in [3.05, 3.63) is 78.0 Å². The Hall–Kier alpha value is -2.31. The van der Waals surface area contributed by atoms with Crippen LogP contribution in [0.5, 0.6) is 0 Å². The van der Waals surface area contributed by atoms with Crippen LogP contribution in [0.25, 0.3) is 11.0 Å². The Morgan fingerprint density at radius 3 is 2.08 bits per heavy atom. The van der Waals surface area contributed by atoms with Gasteiger partial charge in [-0.25, -0.2) is 9.97 Å². The molecule has 0 atom stereocenters. The molecule has 2 aromatic heterocycles. The van der Waals surface area contributed by atoms with Gasteiger partial charge in [-0.3, -0.25) is 5.10 Å². The number of thioether (sulfide) groups is 2. The lowest BCUT2D eigenvalue weighted by molar-refractivity contribution is 0.921. The minimum atomic E-state index is 0.774. The van der Waals surface area contributed by atoms with Crippen LogP contribution in [0.3, 0.4) is 0 Å². The molecule has 4 rings (SSSR count). The van der Waals surface area contributed by atoms with Gasteiger partial charge in [0.15, 0.2) is 10.8 Å². The normalized spacial score (nSPS) is 11.0. The van der Waals surface area contributed by atoms with Crippen molar-refractivity contribution in [1.82, 2.24) is 20.2 Å². The second-order valence-corrected chi connectivity index (χ2v) is 7.40. The summed E-state index contributed by atoms with van der Waals surface area (Å²) >= 11 is 3.36. The highest BCUT2D eigenvalue weighted by Crippen LogP contribution is 2.30. The van der Waals surface area contributed by atoms with Gasteiger partial charge in [-0.1, -0.05) is 72.4 Å². The van der Waals surface area contributed by atoms with E-state index in [1.165, 1.54) is 11.1 Å². The van der Waals surface area contributed by atoms with Crippen LogP contribution in [0.1, 0.15) is 11.1 Å². The molecule has 0 saturated heterocycles. The fraction of sp³-hybridized carbons (Fsp3) is 0.105. The van der Waals surface area contributed by atoms with Gasteiger partial charge in [0.2, 0.25) is 0 Å². The van der Waals surface area contributed by atoms with E-state index in [4.69, 9.17) is 4.98 Å². The molecule has 25 heavy (non-hydrogen) atoms. The van der Waals surface area contributed by atoms with E-state index < -0.39 is 0 Å². The summed E-state index contributed by atoms with van der Waals surface area (Å²) in [7, 11) is 0. The zero-order chi connectivity index (χ0) is 16.9. The molecule has 0 aliphatic heterocycles. The van der Waals surface area contributed by atoms with Crippen LogP contribution in [0.15, 0.2) is 77.0 Å². The van der Waals surface area contributed by atoms with Crippen molar-refractivity contribution >= 4 is 34.6 Å². The van der Waals surface area contributed by atoms with E-state index in [0.717, 1.165) is 32.7 Å². The maximum absolute atomic E-state index is 4.76. The fourth-order valence-electron chi connectivity index (χ4n) is 2.41. The second kappa shape index (κ2) is 7.72. The molecule has 1 N–H and O–H groups in total. The van der Waals surface area contributed by atoms with Crippen molar-refractivity contribution in [2.75, 3.05) is 0 Å². The molecule has 0 saturated carbocycles. The van der Waals surface area contributed by atoms with Crippen molar-refractivity contribution in [2.24, 2.45) is 0 Å². The van der Waals surface area contributed by atoms with Gasteiger partial charge in [-0.2, -0.15) is 5.10 Å². The Morgan fingerprint density at radius 2 is 1.40 bits per heavy atom. The minimum Gasteiger partial charge on any atom is -0.261 e. The van der Waals surface area contributed by atoms with Gasteiger partial charge in [-0.15, -0.1) is 11.8 Å². The van der Waals surface area contributed by atoms with E-state index in [1.54, 1.807) is 29.7 Å². The Kier molecular flexibility index (Phi) is 4.99. The summed E-state index contributed by atoms with van der Waals surface area (Å²) in [5, 5.41) is 9.82. The maximum atomic E-state index is 4.76. The standard InChI is InChI=1S/C19H16N4S2/c1-3-7-14(8-4-1)12-24-18-16-11-20-23-17(16)21-19(22-18)25-13-15-9-5-2-6-10-15/h1-11H,12-13H2,(H,20,21,22,23).